The molecule has 0 fully saturated rings. The number of benzene rings is 1. The molecule has 0 saturated heterocycles. The number of hydrogen-bond donors (Lipinski definition) is 3. The normalized spacial score (nSPS) is 16.1. The van der Waals surface area contributed by atoms with E-state index in [0.717, 1.165) is 23.2 Å². The van der Waals surface area contributed by atoms with Crippen molar-refractivity contribution in [2.24, 2.45) is 4.99 Å². The topological polar surface area (TPSA) is 87.6 Å². The number of hydrogen-bond acceptors (Lipinski definition) is 4. The fourth-order valence-corrected chi connectivity index (χ4v) is 3.12. The van der Waals surface area contributed by atoms with Gasteiger partial charge in [0.2, 0.25) is 11.8 Å². The summed E-state index contributed by atoms with van der Waals surface area (Å²) < 4.78 is 5.50. The molecule has 3 N–H and O–H groups in total. The Balaban J connectivity index is 1.52. The van der Waals surface area contributed by atoms with E-state index in [1.54, 1.807) is 13.2 Å². The zero-order chi connectivity index (χ0) is 19.8. The monoisotopic (exact) mass is 381 g/mol. The van der Waals surface area contributed by atoms with Crippen molar-refractivity contribution in [1.29, 1.82) is 0 Å². The number of ether oxygens (including phenoxy) is 1. The van der Waals surface area contributed by atoms with E-state index in [2.05, 4.69) is 38.9 Å². The SMILES string of the molecule is CCCOc1ccc(CNC(=NC)NCC2CC(=O)Nc3ccccc32)cn1. The molecule has 2 heterocycles. The van der Waals surface area contributed by atoms with Crippen LogP contribution in [-0.2, 0) is 11.3 Å². The molecule has 148 valence electrons. The summed E-state index contributed by atoms with van der Waals surface area (Å²) in [6.45, 7) is 3.97. The molecule has 1 amide bonds. The number of nitrogens with zero attached hydrogens (tertiary/aromatic N) is 2. The third-order valence-corrected chi connectivity index (χ3v) is 4.56. The first-order valence-electron chi connectivity index (χ1n) is 9.60. The van der Waals surface area contributed by atoms with Crippen molar-refractivity contribution in [3.05, 3.63) is 53.7 Å². The second-order valence-corrected chi connectivity index (χ2v) is 6.70. The van der Waals surface area contributed by atoms with Crippen molar-refractivity contribution in [3.8, 4) is 5.88 Å². The first kappa shape index (κ1) is 19.7. The molecule has 1 atom stereocenters. The van der Waals surface area contributed by atoms with Gasteiger partial charge in [-0.05, 0) is 23.6 Å². The lowest BCUT2D eigenvalue weighted by Gasteiger charge is -2.26. The van der Waals surface area contributed by atoms with E-state index in [1.165, 1.54) is 0 Å². The maximum atomic E-state index is 12.0. The van der Waals surface area contributed by atoms with Gasteiger partial charge in [0, 0.05) is 50.4 Å². The average molecular weight is 381 g/mol. The highest BCUT2D eigenvalue weighted by molar-refractivity contribution is 5.94. The summed E-state index contributed by atoms with van der Waals surface area (Å²) in [7, 11) is 1.73. The van der Waals surface area contributed by atoms with Gasteiger partial charge in [0.15, 0.2) is 5.96 Å². The largest absolute Gasteiger partial charge is 0.478 e. The van der Waals surface area contributed by atoms with E-state index in [-0.39, 0.29) is 11.8 Å². The fourth-order valence-electron chi connectivity index (χ4n) is 3.12. The molecule has 2 aromatic rings. The standard InChI is InChI=1S/C21H27N5O2/c1-3-10-28-20-9-8-15(12-23-20)13-24-21(22-2)25-14-16-11-19(27)26-18-7-5-4-6-17(16)18/h4-9,12,16H,3,10-11,13-14H2,1-2H3,(H,26,27)(H2,22,24,25). The van der Waals surface area contributed by atoms with Crippen molar-refractivity contribution < 1.29 is 9.53 Å². The van der Waals surface area contributed by atoms with Crippen LogP contribution >= 0.6 is 0 Å². The van der Waals surface area contributed by atoms with Crippen LogP contribution < -0.4 is 20.7 Å². The Labute approximate surface area is 165 Å². The van der Waals surface area contributed by atoms with E-state index in [0.29, 0.717) is 38.0 Å². The minimum atomic E-state index is 0.0462. The Kier molecular flexibility index (Phi) is 6.84. The molecule has 1 unspecified atom stereocenters. The second-order valence-electron chi connectivity index (χ2n) is 6.70. The molecule has 28 heavy (non-hydrogen) atoms. The zero-order valence-electron chi connectivity index (χ0n) is 16.4. The third-order valence-electron chi connectivity index (χ3n) is 4.56. The number of nitrogens with one attached hydrogen (secondary N) is 3. The van der Waals surface area contributed by atoms with Gasteiger partial charge < -0.3 is 20.7 Å². The van der Waals surface area contributed by atoms with Crippen LogP contribution in [0.3, 0.4) is 0 Å². The lowest BCUT2D eigenvalue weighted by molar-refractivity contribution is -0.116. The van der Waals surface area contributed by atoms with Crippen LogP contribution in [0.1, 0.15) is 36.8 Å². The number of aliphatic imine (C=N–C) groups is 1. The molecule has 0 aliphatic carbocycles. The lowest BCUT2D eigenvalue weighted by Crippen LogP contribution is -2.40. The number of guanidine groups is 1. The highest BCUT2D eigenvalue weighted by Gasteiger charge is 2.24. The summed E-state index contributed by atoms with van der Waals surface area (Å²) in [5.41, 5.74) is 3.08. The lowest BCUT2D eigenvalue weighted by atomic mass is 9.90. The predicted octanol–water partition coefficient (Wildman–Crippen LogP) is 2.66. The van der Waals surface area contributed by atoms with Crippen molar-refractivity contribution in [2.75, 3.05) is 25.5 Å². The Morgan fingerprint density at radius 1 is 1.29 bits per heavy atom. The van der Waals surface area contributed by atoms with E-state index < -0.39 is 0 Å². The Morgan fingerprint density at radius 3 is 2.89 bits per heavy atom. The van der Waals surface area contributed by atoms with E-state index >= 15 is 0 Å². The molecular formula is C21H27N5O2. The third kappa shape index (κ3) is 5.22. The number of amides is 1. The quantitative estimate of drug-likeness (QED) is 0.507. The molecule has 0 spiro atoms. The molecule has 1 aromatic carbocycles. The van der Waals surface area contributed by atoms with Gasteiger partial charge in [-0.1, -0.05) is 31.2 Å². The van der Waals surface area contributed by atoms with Gasteiger partial charge in [0.25, 0.3) is 0 Å². The molecule has 1 aliphatic rings. The fraction of sp³-hybridized carbons (Fsp3) is 0.381. The summed E-state index contributed by atoms with van der Waals surface area (Å²) in [5.74, 6) is 1.49. The second kappa shape index (κ2) is 9.73. The highest BCUT2D eigenvalue weighted by atomic mass is 16.5. The van der Waals surface area contributed by atoms with Crippen LogP contribution in [0.25, 0.3) is 0 Å². The van der Waals surface area contributed by atoms with Gasteiger partial charge in [-0.3, -0.25) is 9.79 Å². The average Bonchev–Trinajstić information content (AvgIpc) is 2.73. The Hall–Kier alpha value is -3.09. The van der Waals surface area contributed by atoms with Crippen LogP contribution in [-0.4, -0.2) is 37.1 Å². The first-order chi connectivity index (χ1) is 13.7. The molecule has 3 rings (SSSR count). The van der Waals surface area contributed by atoms with E-state index in [4.69, 9.17) is 4.74 Å². The maximum absolute atomic E-state index is 12.0. The van der Waals surface area contributed by atoms with Gasteiger partial charge in [-0.25, -0.2) is 4.98 Å². The first-order valence-corrected chi connectivity index (χ1v) is 9.60. The number of anilines is 1. The van der Waals surface area contributed by atoms with Gasteiger partial charge in [-0.2, -0.15) is 0 Å². The highest BCUT2D eigenvalue weighted by Crippen LogP contribution is 2.31. The van der Waals surface area contributed by atoms with Gasteiger partial charge in [-0.15, -0.1) is 0 Å². The summed E-state index contributed by atoms with van der Waals surface area (Å²) in [6, 6.07) is 11.8. The molecule has 7 heteroatoms. The van der Waals surface area contributed by atoms with E-state index in [9.17, 15) is 4.79 Å². The minimum absolute atomic E-state index is 0.0462. The van der Waals surface area contributed by atoms with Gasteiger partial charge >= 0.3 is 0 Å². The van der Waals surface area contributed by atoms with Gasteiger partial charge in [0.1, 0.15) is 0 Å². The van der Waals surface area contributed by atoms with Crippen molar-refractivity contribution in [3.63, 3.8) is 0 Å². The molecule has 0 radical (unpaired) electrons. The van der Waals surface area contributed by atoms with Crippen molar-refractivity contribution in [2.45, 2.75) is 32.2 Å². The van der Waals surface area contributed by atoms with Gasteiger partial charge in [0.05, 0.1) is 6.61 Å². The molecule has 1 aliphatic heterocycles. The van der Waals surface area contributed by atoms with Crippen LogP contribution in [0.15, 0.2) is 47.6 Å². The van der Waals surface area contributed by atoms with E-state index in [1.807, 2.05) is 30.3 Å². The number of pyridine rings is 1. The Bertz CT molecular complexity index is 820. The van der Waals surface area contributed by atoms with Crippen molar-refractivity contribution in [1.82, 2.24) is 15.6 Å². The number of para-hydroxylation sites is 1. The van der Waals surface area contributed by atoms with Crippen LogP contribution in [0.4, 0.5) is 5.69 Å². The molecular weight excluding hydrogens is 354 g/mol. The number of aromatic nitrogens is 1. The van der Waals surface area contributed by atoms with Crippen LogP contribution in [0.5, 0.6) is 5.88 Å². The molecule has 0 bridgehead atoms. The van der Waals surface area contributed by atoms with Crippen LogP contribution in [0.2, 0.25) is 0 Å². The number of carbonyl (C=O) groups is 1. The van der Waals surface area contributed by atoms with Crippen molar-refractivity contribution >= 4 is 17.6 Å². The summed E-state index contributed by atoms with van der Waals surface area (Å²) in [5, 5.41) is 9.53. The molecule has 1 aromatic heterocycles. The number of fused-ring (bicyclic) bond motifs is 1. The summed E-state index contributed by atoms with van der Waals surface area (Å²) in [6.07, 6.45) is 3.22. The molecule has 7 nitrogen and oxygen atoms in total. The van der Waals surface area contributed by atoms with Crippen LogP contribution in [0, 0.1) is 0 Å². The smallest absolute Gasteiger partial charge is 0.225 e. The molecule has 0 saturated carbocycles. The zero-order valence-corrected chi connectivity index (χ0v) is 16.4. The summed E-state index contributed by atoms with van der Waals surface area (Å²) in [4.78, 5) is 20.5. The predicted molar refractivity (Wildman–Crippen MR) is 111 cm³/mol. The Morgan fingerprint density at radius 2 is 2.14 bits per heavy atom. The number of rotatable bonds is 7. The maximum Gasteiger partial charge on any atom is 0.225 e. The minimum Gasteiger partial charge on any atom is -0.478 e. The summed E-state index contributed by atoms with van der Waals surface area (Å²) >= 11 is 0. The number of carbonyl (C=O) groups excluding carboxylic acids is 1.